The highest BCUT2D eigenvalue weighted by atomic mass is 16.6. The lowest BCUT2D eigenvalue weighted by molar-refractivity contribution is -0.129. The molecule has 4 heteroatoms. The van der Waals surface area contributed by atoms with Crippen molar-refractivity contribution in [2.24, 2.45) is 0 Å². The number of benzene rings is 3. The maximum absolute atomic E-state index is 11.9. The number of hydrogen-bond donors (Lipinski definition) is 0. The summed E-state index contributed by atoms with van der Waals surface area (Å²) in [6.45, 7) is 8.61. The molecule has 0 saturated carbocycles. The zero-order valence-corrected chi connectivity index (χ0v) is 18.6. The second kappa shape index (κ2) is 9.73. The first kappa shape index (κ1) is 21.7. The molecule has 0 bridgehead atoms. The van der Waals surface area contributed by atoms with Crippen LogP contribution >= 0.6 is 0 Å². The van der Waals surface area contributed by atoms with E-state index in [1.807, 2.05) is 13.0 Å². The Hall–Kier alpha value is -3.53. The van der Waals surface area contributed by atoms with Crippen LogP contribution < -0.4 is 14.2 Å². The summed E-state index contributed by atoms with van der Waals surface area (Å²) in [5, 5.41) is 0. The predicted octanol–water partition coefficient (Wildman–Crippen LogP) is 6.59. The predicted molar refractivity (Wildman–Crippen MR) is 128 cm³/mol. The van der Waals surface area contributed by atoms with Gasteiger partial charge in [0.1, 0.15) is 0 Å². The number of esters is 1. The number of carbonyl (C=O) groups excluding carboxylic acids is 1. The second-order valence-corrected chi connectivity index (χ2v) is 7.76. The maximum atomic E-state index is 11.9. The Balaban J connectivity index is 1.88. The summed E-state index contributed by atoms with van der Waals surface area (Å²) >= 11 is 0. The summed E-state index contributed by atoms with van der Waals surface area (Å²) < 4.78 is 17.8. The quantitative estimate of drug-likeness (QED) is 0.171. The van der Waals surface area contributed by atoms with Gasteiger partial charge in [0.05, 0.1) is 13.2 Å². The molecule has 4 nitrogen and oxygen atoms in total. The van der Waals surface area contributed by atoms with Crippen LogP contribution in [0.5, 0.6) is 17.2 Å². The van der Waals surface area contributed by atoms with Crippen molar-refractivity contribution in [1.82, 2.24) is 0 Å². The van der Waals surface area contributed by atoms with Gasteiger partial charge < -0.3 is 14.2 Å². The van der Waals surface area contributed by atoms with Gasteiger partial charge in [-0.15, -0.1) is 0 Å². The van der Waals surface area contributed by atoms with Gasteiger partial charge in [-0.05, 0) is 59.2 Å². The normalized spacial score (nSPS) is 11.4. The number of fused-ring (bicyclic) bond motifs is 3. The molecule has 3 aromatic rings. The first-order valence-electron chi connectivity index (χ1n) is 11.1. The standard InChI is InChI=1S/C28H28O4/c1-4-16-30-27-23(14-15-25(32-26(29)6-3)28(27)31-17-5-2)22-13-9-12-21-20-11-8-7-10-19(20)18-24(21)22/h6-15H,3-5,16-18H2,1-2H3. The Morgan fingerprint density at radius 2 is 1.50 bits per heavy atom. The molecule has 32 heavy (non-hydrogen) atoms. The molecule has 3 aromatic carbocycles. The summed E-state index contributed by atoms with van der Waals surface area (Å²) in [5.41, 5.74) is 7.16. The van der Waals surface area contributed by atoms with E-state index in [9.17, 15) is 4.79 Å². The molecule has 0 N–H and O–H groups in total. The summed E-state index contributed by atoms with van der Waals surface area (Å²) in [6, 6.07) is 18.6. The van der Waals surface area contributed by atoms with E-state index in [0.29, 0.717) is 30.5 Å². The number of ether oxygens (including phenoxy) is 3. The Morgan fingerprint density at radius 1 is 0.844 bits per heavy atom. The van der Waals surface area contributed by atoms with Crippen molar-refractivity contribution in [2.45, 2.75) is 33.1 Å². The van der Waals surface area contributed by atoms with Gasteiger partial charge in [-0.3, -0.25) is 0 Å². The van der Waals surface area contributed by atoms with Crippen LogP contribution in [0.1, 0.15) is 37.8 Å². The third-order valence-electron chi connectivity index (χ3n) is 5.50. The van der Waals surface area contributed by atoms with Crippen molar-refractivity contribution in [2.75, 3.05) is 13.2 Å². The van der Waals surface area contributed by atoms with E-state index in [-0.39, 0.29) is 0 Å². The van der Waals surface area contributed by atoms with E-state index >= 15 is 0 Å². The SMILES string of the molecule is C=CC(=O)Oc1ccc(-c2cccc3c2Cc2ccccc2-3)c(OCCC)c1OCCC. The van der Waals surface area contributed by atoms with Crippen molar-refractivity contribution in [3.8, 4) is 39.5 Å². The first-order valence-corrected chi connectivity index (χ1v) is 11.1. The largest absolute Gasteiger partial charge is 0.489 e. The van der Waals surface area contributed by atoms with Crippen LogP contribution in [0.25, 0.3) is 22.3 Å². The zero-order valence-electron chi connectivity index (χ0n) is 18.6. The highest BCUT2D eigenvalue weighted by Gasteiger charge is 2.25. The van der Waals surface area contributed by atoms with Crippen molar-refractivity contribution < 1.29 is 19.0 Å². The Morgan fingerprint density at radius 3 is 2.22 bits per heavy atom. The highest BCUT2D eigenvalue weighted by Crippen LogP contribution is 2.49. The Labute approximate surface area is 189 Å². The number of hydrogen-bond acceptors (Lipinski definition) is 4. The van der Waals surface area contributed by atoms with Gasteiger partial charge in [0, 0.05) is 11.6 Å². The minimum atomic E-state index is -0.531. The highest BCUT2D eigenvalue weighted by molar-refractivity contribution is 5.89. The average molecular weight is 429 g/mol. The van der Waals surface area contributed by atoms with Crippen molar-refractivity contribution in [3.63, 3.8) is 0 Å². The van der Waals surface area contributed by atoms with Gasteiger partial charge >= 0.3 is 5.97 Å². The number of rotatable bonds is 9. The monoisotopic (exact) mass is 428 g/mol. The minimum Gasteiger partial charge on any atom is -0.489 e. The van der Waals surface area contributed by atoms with Gasteiger partial charge in [-0.2, -0.15) is 0 Å². The third-order valence-corrected chi connectivity index (χ3v) is 5.50. The van der Waals surface area contributed by atoms with E-state index in [1.54, 1.807) is 6.07 Å². The van der Waals surface area contributed by atoms with Crippen molar-refractivity contribution >= 4 is 5.97 Å². The molecule has 1 aliphatic rings. The summed E-state index contributed by atoms with van der Waals surface area (Å²) in [5.74, 6) is 0.880. The molecule has 0 atom stereocenters. The minimum absolute atomic E-state index is 0.342. The first-order chi connectivity index (χ1) is 15.7. The van der Waals surface area contributed by atoms with Crippen LogP contribution in [0.15, 0.2) is 67.3 Å². The lowest BCUT2D eigenvalue weighted by Crippen LogP contribution is -2.09. The van der Waals surface area contributed by atoms with E-state index in [1.165, 1.54) is 22.3 Å². The zero-order chi connectivity index (χ0) is 22.5. The van der Waals surface area contributed by atoms with E-state index in [2.05, 4.69) is 56.0 Å². The fraction of sp³-hybridized carbons (Fsp3) is 0.250. The van der Waals surface area contributed by atoms with E-state index < -0.39 is 5.97 Å². The number of carbonyl (C=O) groups is 1. The lowest BCUT2D eigenvalue weighted by Gasteiger charge is -2.20. The van der Waals surface area contributed by atoms with Crippen molar-refractivity contribution in [1.29, 1.82) is 0 Å². The van der Waals surface area contributed by atoms with E-state index in [4.69, 9.17) is 14.2 Å². The van der Waals surface area contributed by atoms with Crippen LogP contribution in [0.3, 0.4) is 0 Å². The smallest absolute Gasteiger partial charge is 0.335 e. The van der Waals surface area contributed by atoms with Gasteiger partial charge in [0.15, 0.2) is 11.5 Å². The lowest BCUT2D eigenvalue weighted by atomic mass is 9.94. The van der Waals surface area contributed by atoms with Gasteiger partial charge in [-0.1, -0.05) is 62.9 Å². The van der Waals surface area contributed by atoms with Crippen LogP contribution in [0, 0.1) is 0 Å². The molecular formula is C28H28O4. The molecule has 0 aliphatic heterocycles. The van der Waals surface area contributed by atoms with Gasteiger partial charge in [0.25, 0.3) is 0 Å². The molecule has 0 spiro atoms. The van der Waals surface area contributed by atoms with Gasteiger partial charge in [-0.25, -0.2) is 4.79 Å². The molecular weight excluding hydrogens is 400 g/mol. The summed E-state index contributed by atoms with van der Waals surface area (Å²) in [4.78, 5) is 11.9. The van der Waals surface area contributed by atoms with E-state index in [0.717, 1.165) is 36.5 Å². The molecule has 0 amide bonds. The molecule has 0 unspecified atom stereocenters. The van der Waals surface area contributed by atoms with Crippen LogP contribution in [-0.4, -0.2) is 19.2 Å². The Kier molecular flexibility index (Phi) is 6.60. The van der Waals surface area contributed by atoms with Gasteiger partial charge in [0.2, 0.25) is 5.75 Å². The maximum Gasteiger partial charge on any atom is 0.335 e. The summed E-state index contributed by atoms with van der Waals surface area (Å²) in [6.07, 6.45) is 3.68. The molecule has 0 heterocycles. The van der Waals surface area contributed by atoms with Crippen LogP contribution in [0.4, 0.5) is 0 Å². The molecule has 0 saturated heterocycles. The molecule has 4 rings (SSSR count). The molecule has 0 fully saturated rings. The van der Waals surface area contributed by atoms with Crippen LogP contribution in [-0.2, 0) is 11.2 Å². The fourth-order valence-corrected chi connectivity index (χ4v) is 4.08. The second-order valence-electron chi connectivity index (χ2n) is 7.76. The molecule has 0 radical (unpaired) electrons. The summed E-state index contributed by atoms with van der Waals surface area (Å²) in [7, 11) is 0. The Bertz CT molecular complexity index is 1150. The molecule has 0 aromatic heterocycles. The molecule has 1 aliphatic carbocycles. The molecule has 164 valence electrons. The fourth-order valence-electron chi connectivity index (χ4n) is 4.08. The van der Waals surface area contributed by atoms with Crippen LogP contribution in [0.2, 0.25) is 0 Å². The average Bonchev–Trinajstić information content (AvgIpc) is 3.21. The van der Waals surface area contributed by atoms with Crippen molar-refractivity contribution in [3.05, 3.63) is 78.4 Å². The topological polar surface area (TPSA) is 44.8 Å². The third kappa shape index (κ3) is 4.13.